The Hall–Kier alpha value is -1.51. The van der Waals surface area contributed by atoms with Crippen LogP contribution in [-0.4, -0.2) is 4.98 Å². The average Bonchev–Trinajstić information content (AvgIpc) is 2.71. The highest BCUT2D eigenvalue weighted by molar-refractivity contribution is 6.35. The third-order valence-corrected chi connectivity index (χ3v) is 3.37. The Morgan fingerprint density at radius 3 is 2.32 bits per heavy atom. The topological polar surface area (TPSA) is 26.0 Å². The van der Waals surface area contributed by atoms with Crippen molar-refractivity contribution >= 4 is 34.3 Å². The minimum atomic E-state index is 0.535. The second-order valence-electron chi connectivity index (χ2n) is 4.61. The third kappa shape index (κ3) is 2.34. The number of halogens is 2. The van der Waals surface area contributed by atoms with Crippen molar-refractivity contribution in [2.24, 2.45) is 0 Å². The molecule has 0 atom stereocenters. The highest BCUT2D eigenvalue weighted by Gasteiger charge is 2.11. The number of rotatable bonds is 1. The lowest BCUT2D eigenvalue weighted by atomic mass is 10.1. The van der Waals surface area contributed by atoms with Gasteiger partial charge in [0.1, 0.15) is 5.52 Å². The van der Waals surface area contributed by atoms with E-state index in [0.29, 0.717) is 15.9 Å². The molecule has 0 aliphatic carbocycles. The molecule has 0 aliphatic rings. The monoisotopic (exact) mass is 291 g/mol. The molecule has 0 amide bonds. The average molecular weight is 292 g/mol. The van der Waals surface area contributed by atoms with Gasteiger partial charge in [-0.25, -0.2) is 4.98 Å². The molecule has 2 nitrogen and oxygen atoms in total. The smallest absolute Gasteiger partial charge is 0.227 e. The molecule has 2 aromatic carbocycles. The maximum absolute atomic E-state index is 6.00. The van der Waals surface area contributed by atoms with Crippen molar-refractivity contribution in [1.29, 1.82) is 0 Å². The molecule has 1 heterocycles. The second-order valence-corrected chi connectivity index (χ2v) is 5.48. The molecule has 0 bridgehead atoms. The summed E-state index contributed by atoms with van der Waals surface area (Å²) >= 11 is 12.0. The Morgan fingerprint density at radius 2 is 1.63 bits per heavy atom. The zero-order valence-electron chi connectivity index (χ0n) is 10.5. The lowest BCUT2D eigenvalue weighted by Crippen LogP contribution is -1.78. The van der Waals surface area contributed by atoms with Crippen LogP contribution in [0, 0.1) is 13.8 Å². The number of fused-ring (bicyclic) bond motifs is 1. The minimum Gasteiger partial charge on any atom is -0.436 e. The predicted octanol–water partition coefficient (Wildman–Crippen LogP) is 5.42. The van der Waals surface area contributed by atoms with Gasteiger partial charge in [0.05, 0.1) is 0 Å². The summed E-state index contributed by atoms with van der Waals surface area (Å²) in [5, 5.41) is 1.13. The van der Waals surface area contributed by atoms with E-state index in [9.17, 15) is 0 Å². The highest BCUT2D eigenvalue weighted by atomic mass is 35.5. The molecule has 0 aliphatic heterocycles. The molecule has 3 aromatic rings. The van der Waals surface area contributed by atoms with E-state index in [2.05, 4.69) is 11.1 Å². The Labute approximate surface area is 121 Å². The van der Waals surface area contributed by atoms with Crippen LogP contribution in [0.2, 0.25) is 10.0 Å². The first-order chi connectivity index (χ1) is 9.02. The quantitative estimate of drug-likeness (QED) is 0.598. The summed E-state index contributed by atoms with van der Waals surface area (Å²) in [6, 6.07) is 9.34. The van der Waals surface area contributed by atoms with Crippen LogP contribution in [-0.2, 0) is 0 Å². The molecule has 0 radical (unpaired) electrons. The first-order valence-corrected chi connectivity index (χ1v) is 6.63. The van der Waals surface area contributed by atoms with Crippen LogP contribution in [0.5, 0.6) is 0 Å². The van der Waals surface area contributed by atoms with Crippen molar-refractivity contribution in [1.82, 2.24) is 4.98 Å². The summed E-state index contributed by atoms with van der Waals surface area (Å²) in [7, 11) is 0. The van der Waals surface area contributed by atoms with E-state index in [4.69, 9.17) is 27.6 Å². The van der Waals surface area contributed by atoms with Gasteiger partial charge in [0.25, 0.3) is 0 Å². The largest absolute Gasteiger partial charge is 0.436 e. The number of aromatic nitrogens is 1. The molecule has 19 heavy (non-hydrogen) atoms. The molecule has 0 saturated carbocycles. The molecule has 0 fully saturated rings. The van der Waals surface area contributed by atoms with Crippen molar-refractivity contribution in [2.75, 3.05) is 0 Å². The molecule has 0 unspecified atom stereocenters. The first kappa shape index (κ1) is 12.5. The van der Waals surface area contributed by atoms with Crippen molar-refractivity contribution in [2.45, 2.75) is 13.8 Å². The molecular weight excluding hydrogens is 281 g/mol. The van der Waals surface area contributed by atoms with Gasteiger partial charge in [-0.05, 0) is 49.2 Å². The SMILES string of the molecule is Cc1cc(C)c2oc(-c3cc(Cl)cc(Cl)c3)nc2c1. The van der Waals surface area contributed by atoms with Crippen molar-refractivity contribution in [3.05, 3.63) is 51.5 Å². The van der Waals surface area contributed by atoms with Gasteiger partial charge in [0.2, 0.25) is 5.89 Å². The van der Waals surface area contributed by atoms with Gasteiger partial charge in [-0.1, -0.05) is 29.3 Å². The van der Waals surface area contributed by atoms with Gasteiger partial charge in [-0.2, -0.15) is 0 Å². The molecule has 3 rings (SSSR count). The van der Waals surface area contributed by atoms with E-state index in [0.717, 1.165) is 27.8 Å². The molecule has 96 valence electrons. The summed E-state index contributed by atoms with van der Waals surface area (Å²) in [6.07, 6.45) is 0. The number of nitrogens with zero attached hydrogens (tertiary/aromatic N) is 1. The maximum atomic E-state index is 6.00. The highest BCUT2D eigenvalue weighted by Crippen LogP contribution is 2.30. The Bertz CT molecular complexity index is 757. The number of aryl methyl sites for hydroxylation is 2. The minimum absolute atomic E-state index is 0.535. The second kappa shape index (κ2) is 4.55. The van der Waals surface area contributed by atoms with Crippen LogP contribution in [0.3, 0.4) is 0 Å². The Balaban J connectivity index is 2.23. The van der Waals surface area contributed by atoms with E-state index < -0.39 is 0 Å². The van der Waals surface area contributed by atoms with Crippen LogP contribution < -0.4 is 0 Å². The van der Waals surface area contributed by atoms with Crippen LogP contribution >= 0.6 is 23.2 Å². The van der Waals surface area contributed by atoms with Gasteiger partial charge in [0, 0.05) is 15.6 Å². The number of hydrogen-bond donors (Lipinski definition) is 0. The fraction of sp³-hybridized carbons (Fsp3) is 0.133. The van der Waals surface area contributed by atoms with Crippen LogP contribution in [0.4, 0.5) is 0 Å². The molecule has 4 heteroatoms. The molecule has 0 N–H and O–H groups in total. The number of hydrogen-bond acceptors (Lipinski definition) is 2. The number of oxazole rings is 1. The van der Waals surface area contributed by atoms with Gasteiger partial charge in [-0.3, -0.25) is 0 Å². The lowest BCUT2D eigenvalue weighted by molar-refractivity contribution is 0.617. The predicted molar refractivity (Wildman–Crippen MR) is 78.9 cm³/mol. The third-order valence-electron chi connectivity index (χ3n) is 2.93. The standard InChI is InChI=1S/C15H11Cl2NO/c1-8-3-9(2)14-13(4-8)18-15(19-14)10-5-11(16)7-12(17)6-10/h3-7H,1-2H3. The van der Waals surface area contributed by atoms with Gasteiger partial charge < -0.3 is 4.42 Å². The fourth-order valence-corrected chi connectivity index (χ4v) is 2.70. The first-order valence-electron chi connectivity index (χ1n) is 5.87. The van der Waals surface area contributed by atoms with Gasteiger partial charge in [0.15, 0.2) is 5.58 Å². The van der Waals surface area contributed by atoms with Crippen LogP contribution in [0.15, 0.2) is 34.7 Å². The van der Waals surface area contributed by atoms with E-state index in [1.165, 1.54) is 0 Å². The van der Waals surface area contributed by atoms with E-state index in [1.807, 2.05) is 19.9 Å². The number of benzene rings is 2. The summed E-state index contributed by atoms with van der Waals surface area (Å²) in [5.74, 6) is 0.535. The van der Waals surface area contributed by atoms with E-state index in [1.54, 1.807) is 18.2 Å². The van der Waals surface area contributed by atoms with Crippen molar-refractivity contribution in [3.63, 3.8) is 0 Å². The van der Waals surface area contributed by atoms with Crippen LogP contribution in [0.25, 0.3) is 22.6 Å². The fourth-order valence-electron chi connectivity index (χ4n) is 2.18. The zero-order valence-corrected chi connectivity index (χ0v) is 12.0. The van der Waals surface area contributed by atoms with Crippen LogP contribution in [0.1, 0.15) is 11.1 Å². The molecule has 1 aromatic heterocycles. The summed E-state index contributed by atoms with van der Waals surface area (Å²) in [6.45, 7) is 4.05. The summed E-state index contributed by atoms with van der Waals surface area (Å²) in [5.41, 5.74) is 4.67. The summed E-state index contributed by atoms with van der Waals surface area (Å²) < 4.78 is 5.82. The van der Waals surface area contributed by atoms with Crippen molar-refractivity contribution < 1.29 is 4.42 Å². The Kier molecular flexibility index (Phi) is 3.00. The van der Waals surface area contributed by atoms with Gasteiger partial charge >= 0.3 is 0 Å². The van der Waals surface area contributed by atoms with Crippen molar-refractivity contribution in [3.8, 4) is 11.5 Å². The normalized spacial score (nSPS) is 11.2. The molecule has 0 spiro atoms. The summed E-state index contributed by atoms with van der Waals surface area (Å²) in [4.78, 5) is 4.50. The molecular formula is C15H11Cl2NO. The maximum Gasteiger partial charge on any atom is 0.227 e. The van der Waals surface area contributed by atoms with Gasteiger partial charge in [-0.15, -0.1) is 0 Å². The van der Waals surface area contributed by atoms with E-state index >= 15 is 0 Å². The zero-order chi connectivity index (χ0) is 13.6. The van der Waals surface area contributed by atoms with E-state index in [-0.39, 0.29) is 0 Å². The molecule has 0 saturated heterocycles. The lowest BCUT2D eigenvalue weighted by Gasteiger charge is -1.98. The Morgan fingerprint density at radius 1 is 0.947 bits per heavy atom.